The van der Waals surface area contributed by atoms with Gasteiger partial charge in [0.25, 0.3) is 0 Å². The molecule has 0 saturated carbocycles. The molecule has 0 atom stereocenters. The van der Waals surface area contributed by atoms with E-state index < -0.39 is 15.6 Å². The number of alkyl halides is 3. The summed E-state index contributed by atoms with van der Waals surface area (Å²) < 4.78 is 61.2. The first-order valence-electron chi connectivity index (χ1n) is 6.97. The molecule has 0 N–H and O–H groups in total. The maximum atomic E-state index is 10.7. The standard InChI is InChI=1S/C13H22N.CHF3O3S/c1-4-5-6-7-9-14-10-8-12(2)13(3)11-14;2-1(3,4)8(5,6)7/h8,10-11H,4-7,9H2,1-3H3;(H,5,6,7)/q+1;/p-1. The van der Waals surface area contributed by atoms with E-state index in [1.807, 2.05) is 0 Å². The highest BCUT2D eigenvalue weighted by molar-refractivity contribution is 7.86. The van der Waals surface area contributed by atoms with E-state index in [1.54, 1.807) is 0 Å². The van der Waals surface area contributed by atoms with Gasteiger partial charge in [0.2, 0.25) is 0 Å². The first-order valence-corrected chi connectivity index (χ1v) is 8.38. The third kappa shape index (κ3) is 8.33. The number of rotatable bonds is 5. The molecule has 1 aromatic heterocycles. The van der Waals surface area contributed by atoms with Gasteiger partial charge in [-0.2, -0.15) is 13.2 Å². The van der Waals surface area contributed by atoms with Crippen molar-refractivity contribution in [1.82, 2.24) is 0 Å². The highest BCUT2D eigenvalue weighted by atomic mass is 32.2. The van der Waals surface area contributed by atoms with Gasteiger partial charge >= 0.3 is 5.51 Å². The summed E-state index contributed by atoms with van der Waals surface area (Å²) in [6.07, 6.45) is 9.79. The van der Waals surface area contributed by atoms with Crippen LogP contribution in [-0.4, -0.2) is 18.5 Å². The van der Waals surface area contributed by atoms with E-state index >= 15 is 0 Å². The lowest BCUT2D eigenvalue weighted by Crippen LogP contribution is -2.33. The SMILES string of the molecule is CCCCCC[n+]1ccc(C)c(C)c1.O=S(=O)([O-])C(F)(F)F. The highest BCUT2D eigenvalue weighted by Crippen LogP contribution is 2.20. The second kappa shape index (κ2) is 9.09. The Balaban J connectivity index is 0.000000472. The molecule has 0 saturated heterocycles. The van der Waals surface area contributed by atoms with Crippen LogP contribution >= 0.6 is 0 Å². The molecule has 0 fully saturated rings. The number of halogens is 3. The molecule has 22 heavy (non-hydrogen) atoms. The summed E-state index contributed by atoms with van der Waals surface area (Å²) in [5.41, 5.74) is -2.87. The normalized spacial score (nSPS) is 11.8. The Hall–Kier alpha value is -1.15. The van der Waals surface area contributed by atoms with Crippen LogP contribution in [0.3, 0.4) is 0 Å². The van der Waals surface area contributed by atoms with Crippen molar-refractivity contribution < 1.29 is 30.7 Å². The number of hydrogen-bond acceptors (Lipinski definition) is 3. The van der Waals surface area contributed by atoms with Crippen molar-refractivity contribution in [2.24, 2.45) is 0 Å². The number of hydrogen-bond donors (Lipinski definition) is 0. The van der Waals surface area contributed by atoms with Gasteiger partial charge in [-0.3, -0.25) is 0 Å². The van der Waals surface area contributed by atoms with Crippen LogP contribution in [0, 0.1) is 13.8 Å². The fourth-order valence-electron chi connectivity index (χ4n) is 1.59. The molecule has 0 aliphatic rings. The molecule has 0 spiro atoms. The van der Waals surface area contributed by atoms with Crippen LogP contribution in [0.1, 0.15) is 43.7 Å². The van der Waals surface area contributed by atoms with E-state index in [2.05, 4.69) is 43.8 Å². The molecule has 0 unspecified atom stereocenters. The minimum Gasteiger partial charge on any atom is -0.741 e. The van der Waals surface area contributed by atoms with E-state index in [1.165, 1.54) is 43.4 Å². The number of pyridine rings is 1. The van der Waals surface area contributed by atoms with Gasteiger partial charge in [0, 0.05) is 18.1 Å². The Morgan fingerprint density at radius 2 is 1.68 bits per heavy atom. The van der Waals surface area contributed by atoms with Crippen molar-refractivity contribution in [3.8, 4) is 0 Å². The van der Waals surface area contributed by atoms with Crippen LogP contribution < -0.4 is 4.57 Å². The largest absolute Gasteiger partial charge is 0.741 e. The molecule has 1 aromatic rings. The van der Waals surface area contributed by atoms with Crippen molar-refractivity contribution in [3.63, 3.8) is 0 Å². The zero-order valence-electron chi connectivity index (χ0n) is 13.0. The van der Waals surface area contributed by atoms with Crippen LogP contribution in [0.4, 0.5) is 13.2 Å². The van der Waals surface area contributed by atoms with Crippen molar-refractivity contribution in [2.75, 3.05) is 0 Å². The minimum absolute atomic E-state index is 1.17. The van der Waals surface area contributed by atoms with E-state index in [0.29, 0.717) is 0 Å². The van der Waals surface area contributed by atoms with Crippen LogP contribution in [0.2, 0.25) is 0 Å². The van der Waals surface area contributed by atoms with E-state index in [-0.39, 0.29) is 0 Å². The summed E-state index contributed by atoms with van der Waals surface area (Å²) in [5, 5.41) is 0. The third-order valence-corrected chi connectivity index (χ3v) is 3.62. The molecule has 0 amide bonds. The van der Waals surface area contributed by atoms with Gasteiger partial charge in [0.15, 0.2) is 22.5 Å². The first kappa shape index (κ1) is 20.9. The topological polar surface area (TPSA) is 61.1 Å². The minimum atomic E-state index is -6.09. The molecule has 0 bridgehead atoms. The zero-order chi connectivity index (χ0) is 17.4. The molecule has 0 aliphatic carbocycles. The van der Waals surface area contributed by atoms with Gasteiger partial charge in [-0.25, -0.2) is 13.0 Å². The van der Waals surface area contributed by atoms with Crippen molar-refractivity contribution in [3.05, 3.63) is 29.6 Å². The molecule has 4 nitrogen and oxygen atoms in total. The first-order chi connectivity index (χ1) is 9.99. The Kier molecular flexibility index (Phi) is 8.62. The Bertz CT molecular complexity index is 557. The molecule has 1 heterocycles. The lowest BCUT2D eigenvalue weighted by Gasteiger charge is -2.08. The molecule has 1 rings (SSSR count). The van der Waals surface area contributed by atoms with Crippen molar-refractivity contribution in [2.45, 2.75) is 58.5 Å². The van der Waals surface area contributed by atoms with E-state index in [9.17, 15) is 13.2 Å². The highest BCUT2D eigenvalue weighted by Gasteiger charge is 2.36. The average Bonchev–Trinajstić information content (AvgIpc) is 2.37. The lowest BCUT2D eigenvalue weighted by molar-refractivity contribution is -0.697. The summed E-state index contributed by atoms with van der Waals surface area (Å²) >= 11 is 0. The molecule has 128 valence electrons. The molecule has 0 aliphatic heterocycles. The third-order valence-electron chi connectivity index (χ3n) is 3.05. The average molecular weight is 341 g/mol. The fourth-order valence-corrected chi connectivity index (χ4v) is 1.59. The predicted molar refractivity (Wildman–Crippen MR) is 76.0 cm³/mol. The molecule has 8 heteroatoms. The second-order valence-corrected chi connectivity index (χ2v) is 6.38. The van der Waals surface area contributed by atoms with E-state index in [4.69, 9.17) is 13.0 Å². The summed E-state index contributed by atoms with van der Waals surface area (Å²) in [7, 11) is -6.09. The Morgan fingerprint density at radius 3 is 2.09 bits per heavy atom. The van der Waals surface area contributed by atoms with E-state index in [0.717, 1.165) is 0 Å². The van der Waals surface area contributed by atoms with Gasteiger partial charge in [-0.15, -0.1) is 0 Å². The van der Waals surface area contributed by atoms with Gasteiger partial charge in [0.05, 0.1) is 0 Å². The number of nitrogens with zero attached hydrogens (tertiary/aromatic N) is 1. The maximum absolute atomic E-state index is 10.7. The van der Waals surface area contributed by atoms with Crippen molar-refractivity contribution in [1.29, 1.82) is 0 Å². The zero-order valence-corrected chi connectivity index (χ0v) is 13.8. The number of aryl methyl sites for hydroxylation is 3. The summed E-state index contributed by atoms with van der Waals surface area (Å²) in [6.45, 7) is 7.76. The maximum Gasteiger partial charge on any atom is 0.485 e. The second-order valence-electron chi connectivity index (χ2n) is 5.01. The smallest absolute Gasteiger partial charge is 0.485 e. The summed E-state index contributed by atoms with van der Waals surface area (Å²) in [5.74, 6) is 0. The molecular weight excluding hydrogens is 319 g/mol. The van der Waals surface area contributed by atoms with Gasteiger partial charge in [-0.05, 0) is 25.8 Å². The van der Waals surface area contributed by atoms with Crippen LogP contribution in [0.5, 0.6) is 0 Å². The van der Waals surface area contributed by atoms with Crippen LogP contribution in [-0.2, 0) is 16.7 Å². The van der Waals surface area contributed by atoms with Crippen LogP contribution in [0.15, 0.2) is 18.5 Å². The Morgan fingerprint density at radius 1 is 1.14 bits per heavy atom. The summed E-state index contributed by atoms with van der Waals surface area (Å²) in [4.78, 5) is 0. The molecular formula is C14H22F3NO3S. The fraction of sp³-hybridized carbons (Fsp3) is 0.643. The Labute approximate surface area is 129 Å². The van der Waals surface area contributed by atoms with Gasteiger partial charge < -0.3 is 4.55 Å². The summed E-state index contributed by atoms with van der Waals surface area (Å²) in [6, 6.07) is 2.20. The van der Waals surface area contributed by atoms with Crippen LogP contribution in [0.25, 0.3) is 0 Å². The van der Waals surface area contributed by atoms with Crippen molar-refractivity contribution >= 4 is 10.1 Å². The number of aromatic nitrogens is 1. The molecule has 0 radical (unpaired) electrons. The predicted octanol–water partition coefficient (Wildman–Crippen LogP) is 3.22. The van der Waals surface area contributed by atoms with Gasteiger partial charge in [0.1, 0.15) is 6.54 Å². The molecule has 0 aromatic carbocycles. The quantitative estimate of drug-likeness (QED) is 0.357. The van der Waals surface area contributed by atoms with Gasteiger partial charge in [-0.1, -0.05) is 19.8 Å². The number of unbranched alkanes of at least 4 members (excludes halogenated alkanes) is 3. The monoisotopic (exact) mass is 341 g/mol. The lowest BCUT2D eigenvalue weighted by atomic mass is 10.2.